The summed E-state index contributed by atoms with van der Waals surface area (Å²) in [6.45, 7) is 5.78. The van der Waals surface area contributed by atoms with Crippen molar-refractivity contribution < 1.29 is 8.42 Å². The summed E-state index contributed by atoms with van der Waals surface area (Å²) < 4.78 is 31.5. The molecule has 31 heavy (non-hydrogen) atoms. The van der Waals surface area contributed by atoms with Gasteiger partial charge in [0.1, 0.15) is 6.33 Å². The van der Waals surface area contributed by atoms with Gasteiger partial charge in [-0.3, -0.25) is 9.62 Å². The summed E-state index contributed by atoms with van der Waals surface area (Å²) in [5, 5.41) is 0.642. The number of likely N-dealkylation sites (tertiary alicyclic amines) is 1. The quantitative estimate of drug-likeness (QED) is 0.526. The Morgan fingerprint density at radius 2 is 2.06 bits per heavy atom. The van der Waals surface area contributed by atoms with Crippen LogP contribution in [0.5, 0.6) is 0 Å². The minimum absolute atomic E-state index is 0.102. The van der Waals surface area contributed by atoms with Crippen LogP contribution in [0.3, 0.4) is 0 Å². The number of likely N-dealkylation sites (N-methyl/N-ethyl adjacent to an activating group) is 1. The van der Waals surface area contributed by atoms with Gasteiger partial charge in [0, 0.05) is 43.8 Å². The highest BCUT2D eigenvalue weighted by Crippen LogP contribution is 2.32. The molecule has 2 aromatic carbocycles. The van der Waals surface area contributed by atoms with Crippen molar-refractivity contribution >= 4 is 44.0 Å². The second-order valence-electron chi connectivity index (χ2n) is 7.41. The van der Waals surface area contributed by atoms with Gasteiger partial charge in [-0.15, -0.1) is 0 Å². The van der Waals surface area contributed by atoms with E-state index in [9.17, 15) is 8.42 Å². The van der Waals surface area contributed by atoms with Crippen molar-refractivity contribution in [1.29, 1.82) is 0 Å². The van der Waals surface area contributed by atoms with Gasteiger partial charge in [0.2, 0.25) is 5.13 Å². The smallest absolute Gasteiger partial charge is 0.263 e. The van der Waals surface area contributed by atoms with Gasteiger partial charge < -0.3 is 4.90 Å². The van der Waals surface area contributed by atoms with Gasteiger partial charge in [0.25, 0.3) is 10.0 Å². The van der Waals surface area contributed by atoms with Crippen LogP contribution in [0.25, 0.3) is 0 Å². The first-order valence-corrected chi connectivity index (χ1v) is 12.7. The van der Waals surface area contributed by atoms with Crippen LogP contribution < -0.4 is 9.62 Å². The topological polar surface area (TPSA) is 78.4 Å². The SMILES string of the molecule is CCN(c1ccc(S(=O)(=O)Nc2ncns2)cc1Cl)C1CCN(Cc2ccccc2)C1. The number of rotatable bonds is 8. The first kappa shape index (κ1) is 22.0. The predicted octanol–water partition coefficient (Wildman–Crippen LogP) is 4.09. The van der Waals surface area contributed by atoms with Crippen LogP contribution >= 0.6 is 23.1 Å². The number of hydrogen-bond acceptors (Lipinski definition) is 7. The fourth-order valence-corrected chi connectivity index (χ4v) is 6.00. The Kier molecular flexibility index (Phi) is 6.76. The molecule has 0 spiro atoms. The van der Waals surface area contributed by atoms with E-state index in [0.29, 0.717) is 11.1 Å². The van der Waals surface area contributed by atoms with Gasteiger partial charge in [-0.25, -0.2) is 13.4 Å². The molecule has 1 unspecified atom stereocenters. The highest BCUT2D eigenvalue weighted by atomic mass is 35.5. The average Bonchev–Trinajstić information content (AvgIpc) is 3.42. The van der Waals surface area contributed by atoms with Crippen molar-refractivity contribution in [1.82, 2.24) is 14.3 Å². The van der Waals surface area contributed by atoms with Crippen LogP contribution in [-0.4, -0.2) is 48.4 Å². The summed E-state index contributed by atoms with van der Waals surface area (Å²) >= 11 is 7.54. The highest BCUT2D eigenvalue weighted by Gasteiger charge is 2.29. The molecule has 1 saturated heterocycles. The molecule has 3 aromatic rings. The Morgan fingerprint density at radius 3 is 2.74 bits per heavy atom. The monoisotopic (exact) mass is 477 g/mol. The molecule has 0 bridgehead atoms. The molecular formula is C21H24ClN5O2S2. The van der Waals surface area contributed by atoms with Crippen molar-refractivity contribution in [3.05, 3.63) is 65.4 Å². The summed E-state index contributed by atoms with van der Waals surface area (Å²) in [6.07, 6.45) is 2.34. The fraction of sp³-hybridized carbons (Fsp3) is 0.333. The summed E-state index contributed by atoms with van der Waals surface area (Å²) in [5.74, 6) is 0. The molecule has 2 heterocycles. The van der Waals surface area contributed by atoms with E-state index in [0.717, 1.165) is 49.8 Å². The normalized spacial score (nSPS) is 17.0. The van der Waals surface area contributed by atoms with Crippen LogP contribution in [0.4, 0.5) is 10.8 Å². The van der Waals surface area contributed by atoms with E-state index < -0.39 is 10.0 Å². The molecule has 0 saturated carbocycles. The summed E-state index contributed by atoms with van der Waals surface area (Å²) in [5.41, 5.74) is 2.16. The van der Waals surface area contributed by atoms with Crippen LogP contribution in [0, 0.1) is 0 Å². The lowest BCUT2D eigenvalue weighted by molar-refractivity contribution is 0.325. The molecule has 10 heteroatoms. The second kappa shape index (κ2) is 9.52. The Morgan fingerprint density at radius 1 is 1.26 bits per heavy atom. The molecule has 1 atom stereocenters. The number of aromatic nitrogens is 2. The van der Waals surface area contributed by atoms with Crippen molar-refractivity contribution in [2.45, 2.75) is 30.8 Å². The van der Waals surface area contributed by atoms with Gasteiger partial charge in [0.05, 0.1) is 15.6 Å². The number of nitrogens with zero attached hydrogens (tertiary/aromatic N) is 4. The van der Waals surface area contributed by atoms with Gasteiger partial charge in [-0.2, -0.15) is 4.37 Å². The third-order valence-electron chi connectivity index (χ3n) is 5.40. The molecule has 4 rings (SSSR count). The lowest BCUT2D eigenvalue weighted by Gasteiger charge is -2.31. The lowest BCUT2D eigenvalue weighted by Crippen LogP contribution is -2.37. The standard InChI is InChI=1S/C21H24ClN5O2S2/c1-2-27(17-10-11-26(14-17)13-16-6-4-3-5-7-16)20-9-8-18(12-19(20)22)31(28,29)25-21-23-15-24-30-21/h3-9,12,15,17H,2,10-11,13-14H2,1H3,(H,23,24,25). The number of nitrogens with one attached hydrogen (secondary N) is 1. The second-order valence-corrected chi connectivity index (χ2v) is 10.3. The fourth-order valence-electron chi connectivity index (χ4n) is 3.96. The van der Waals surface area contributed by atoms with E-state index in [-0.39, 0.29) is 10.0 Å². The molecular weight excluding hydrogens is 454 g/mol. The number of benzene rings is 2. The third-order valence-corrected chi connectivity index (χ3v) is 7.75. The van der Waals surface area contributed by atoms with Gasteiger partial charge in [0.15, 0.2) is 0 Å². The van der Waals surface area contributed by atoms with Gasteiger partial charge in [-0.05, 0) is 37.1 Å². The maximum Gasteiger partial charge on any atom is 0.263 e. The predicted molar refractivity (Wildman–Crippen MR) is 125 cm³/mol. The molecule has 1 aromatic heterocycles. The zero-order valence-electron chi connectivity index (χ0n) is 17.1. The number of halogens is 1. The van der Waals surface area contributed by atoms with E-state index in [4.69, 9.17) is 11.6 Å². The van der Waals surface area contributed by atoms with Crippen molar-refractivity contribution in [3.8, 4) is 0 Å². The van der Waals surface area contributed by atoms with E-state index >= 15 is 0 Å². The number of sulfonamides is 1. The van der Waals surface area contributed by atoms with Crippen LogP contribution in [0.15, 0.2) is 59.8 Å². The van der Waals surface area contributed by atoms with Crippen molar-refractivity contribution in [2.75, 3.05) is 29.3 Å². The highest BCUT2D eigenvalue weighted by molar-refractivity contribution is 7.93. The molecule has 0 aliphatic carbocycles. The average molecular weight is 478 g/mol. The molecule has 7 nitrogen and oxygen atoms in total. The number of anilines is 2. The lowest BCUT2D eigenvalue weighted by atomic mass is 10.2. The van der Waals surface area contributed by atoms with Crippen molar-refractivity contribution in [3.63, 3.8) is 0 Å². The summed E-state index contributed by atoms with van der Waals surface area (Å²) in [7, 11) is -3.77. The molecule has 1 N–H and O–H groups in total. The van der Waals surface area contributed by atoms with Crippen LogP contribution in [-0.2, 0) is 16.6 Å². The van der Waals surface area contributed by atoms with Crippen molar-refractivity contribution in [2.24, 2.45) is 0 Å². The first-order chi connectivity index (χ1) is 15.0. The first-order valence-electron chi connectivity index (χ1n) is 10.1. The van der Waals surface area contributed by atoms with E-state index in [1.165, 1.54) is 18.0 Å². The van der Waals surface area contributed by atoms with E-state index in [2.05, 4.69) is 55.1 Å². The van der Waals surface area contributed by atoms with Crippen LogP contribution in [0.1, 0.15) is 18.9 Å². The minimum Gasteiger partial charge on any atom is -0.366 e. The molecule has 1 aliphatic rings. The Balaban J connectivity index is 1.47. The zero-order chi connectivity index (χ0) is 21.8. The maximum atomic E-state index is 12.6. The largest absolute Gasteiger partial charge is 0.366 e. The molecule has 1 fully saturated rings. The molecule has 1 aliphatic heterocycles. The van der Waals surface area contributed by atoms with Crippen LogP contribution in [0.2, 0.25) is 5.02 Å². The van der Waals surface area contributed by atoms with E-state index in [1.807, 2.05) is 6.07 Å². The maximum absolute atomic E-state index is 12.6. The molecule has 164 valence electrons. The zero-order valence-corrected chi connectivity index (χ0v) is 19.5. The summed E-state index contributed by atoms with van der Waals surface area (Å²) in [6, 6.07) is 15.7. The molecule has 0 radical (unpaired) electrons. The van der Waals surface area contributed by atoms with Gasteiger partial charge in [-0.1, -0.05) is 41.9 Å². The Hall–Kier alpha value is -2.20. The number of hydrogen-bond donors (Lipinski definition) is 1. The minimum atomic E-state index is -3.77. The van der Waals surface area contributed by atoms with Gasteiger partial charge >= 0.3 is 0 Å². The Bertz CT molecular complexity index is 1110. The van der Waals surface area contributed by atoms with E-state index in [1.54, 1.807) is 12.1 Å². The third kappa shape index (κ3) is 5.17. The molecule has 0 amide bonds. The summed E-state index contributed by atoms with van der Waals surface area (Å²) in [4.78, 5) is 8.68. The Labute approximate surface area is 191 Å².